The number of phenolic OH excluding ortho intramolecular Hbond substituents is 1. The van der Waals surface area contributed by atoms with Gasteiger partial charge in [0.25, 0.3) is 5.91 Å². The number of hydrogen-bond donors (Lipinski definition) is 3. The Hall–Kier alpha value is -3.06. The molecule has 1 aliphatic carbocycles. The van der Waals surface area contributed by atoms with Crippen molar-refractivity contribution < 1.29 is 24.2 Å². The molecule has 32 heavy (non-hydrogen) atoms. The minimum Gasteiger partial charge on any atom is -0.508 e. The molecule has 0 aromatic heterocycles. The first-order valence-electron chi connectivity index (χ1n) is 11.1. The SMILES string of the molecule is COc1ccc(C(=O)N[C@@H](COCC2CCCCC2)C(=O)NCc2ccc(O)cc2)cc1. The van der Waals surface area contributed by atoms with E-state index in [0.717, 1.165) is 18.4 Å². The normalized spacial score (nSPS) is 15.0. The molecule has 2 amide bonds. The van der Waals surface area contributed by atoms with Gasteiger partial charge in [0.2, 0.25) is 5.91 Å². The van der Waals surface area contributed by atoms with Crippen LogP contribution in [0, 0.1) is 5.92 Å². The molecule has 0 aliphatic heterocycles. The predicted molar refractivity (Wildman–Crippen MR) is 122 cm³/mol. The van der Waals surface area contributed by atoms with Crippen molar-refractivity contribution in [1.82, 2.24) is 10.6 Å². The molecule has 2 aromatic carbocycles. The molecule has 172 valence electrons. The molecule has 0 radical (unpaired) electrons. The van der Waals surface area contributed by atoms with Gasteiger partial charge in [-0.1, -0.05) is 31.4 Å². The predicted octanol–water partition coefficient (Wildman–Crippen LogP) is 3.41. The smallest absolute Gasteiger partial charge is 0.252 e. The van der Waals surface area contributed by atoms with Gasteiger partial charge in [0.15, 0.2) is 0 Å². The second kappa shape index (κ2) is 12.1. The molecule has 0 saturated heterocycles. The van der Waals surface area contributed by atoms with Crippen LogP contribution in [0.3, 0.4) is 0 Å². The lowest BCUT2D eigenvalue weighted by Gasteiger charge is -2.23. The van der Waals surface area contributed by atoms with E-state index in [0.29, 0.717) is 23.8 Å². The fourth-order valence-corrected chi connectivity index (χ4v) is 3.80. The molecule has 3 rings (SSSR count). The Kier molecular flexibility index (Phi) is 8.92. The number of amides is 2. The van der Waals surface area contributed by atoms with E-state index in [1.165, 1.54) is 19.3 Å². The fraction of sp³-hybridized carbons (Fsp3) is 0.440. The third kappa shape index (κ3) is 7.27. The van der Waals surface area contributed by atoms with Crippen LogP contribution in [0.2, 0.25) is 0 Å². The average molecular weight is 441 g/mol. The van der Waals surface area contributed by atoms with Gasteiger partial charge in [0.1, 0.15) is 17.5 Å². The van der Waals surface area contributed by atoms with E-state index in [1.807, 2.05) is 0 Å². The van der Waals surface area contributed by atoms with Crippen LogP contribution in [0.5, 0.6) is 11.5 Å². The lowest BCUT2D eigenvalue weighted by atomic mass is 9.90. The van der Waals surface area contributed by atoms with Gasteiger partial charge in [-0.3, -0.25) is 9.59 Å². The standard InChI is InChI=1S/C25H32N2O5/c1-31-22-13-9-20(10-14-22)24(29)27-23(17-32-16-19-5-3-2-4-6-19)25(30)26-15-18-7-11-21(28)12-8-18/h7-14,19,23,28H,2-6,15-17H2,1H3,(H,26,30)(H,27,29)/t23-/m0/s1. The Bertz CT molecular complexity index is 861. The van der Waals surface area contributed by atoms with Gasteiger partial charge in [-0.05, 0) is 60.7 Å². The van der Waals surface area contributed by atoms with Gasteiger partial charge in [-0.2, -0.15) is 0 Å². The van der Waals surface area contributed by atoms with Gasteiger partial charge in [-0.15, -0.1) is 0 Å². The molecule has 1 saturated carbocycles. The monoisotopic (exact) mass is 440 g/mol. The molecule has 7 nitrogen and oxygen atoms in total. The van der Waals surface area contributed by atoms with E-state index in [2.05, 4.69) is 10.6 Å². The maximum atomic E-state index is 12.9. The van der Waals surface area contributed by atoms with Gasteiger partial charge in [0.05, 0.1) is 13.7 Å². The number of aromatic hydroxyl groups is 1. The molecule has 7 heteroatoms. The zero-order valence-corrected chi connectivity index (χ0v) is 18.5. The van der Waals surface area contributed by atoms with Gasteiger partial charge in [0, 0.05) is 18.7 Å². The van der Waals surface area contributed by atoms with Crippen molar-refractivity contribution in [1.29, 1.82) is 0 Å². The van der Waals surface area contributed by atoms with E-state index < -0.39 is 6.04 Å². The first-order chi connectivity index (χ1) is 15.5. The maximum absolute atomic E-state index is 12.9. The van der Waals surface area contributed by atoms with Crippen LogP contribution in [0.25, 0.3) is 0 Å². The number of benzene rings is 2. The van der Waals surface area contributed by atoms with Crippen LogP contribution in [-0.4, -0.2) is 43.3 Å². The lowest BCUT2D eigenvalue weighted by Crippen LogP contribution is -2.49. The third-order valence-corrected chi connectivity index (χ3v) is 5.74. The van der Waals surface area contributed by atoms with E-state index >= 15 is 0 Å². The molecule has 1 fully saturated rings. The van der Waals surface area contributed by atoms with Crippen molar-refractivity contribution in [2.45, 2.75) is 44.7 Å². The summed E-state index contributed by atoms with van der Waals surface area (Å²) in [6.07, 6.45) is 6.01. The second-order valence-corrected chi connectivity index (χ2v) is 8.18. The van der Waals surface area contributed by atoms with Gasteiger partial charge < -0.3 is 25.2 Å². The van der Waals surface area contributed by atoms with Crippen LogP contribution in [0.4, 0.5) is 0 Å². The summed E-state index contributed by atoms with van der Waals surface area (Å²) in [5.41, 5.74) is 1.29. The maximum Gasteiger partial charge on any atom is 0.252 e. The van der Waals surface area contributed by atoms with Crippen molar-refractivity contribution in [2.75, 3.05) is 20.3 Å². The number of rotatable bonds is 10. The Balaban J connectivity index is 1.59. The third-order valence-electron chi connectivity index (χ3n) is 5.74. The summed E-state index contributed by atoms with van der Waals surface area (Å²) < 4.78 is 11.0. The van der Waals surface area contributed by atoms with E-state index in [1.54, 1.807) is 55.6 Å². The van der Waals surface area contributed by atoms with Crippen molar-refractivity contribution in [2.24, 2.45) is 5.92 Å². The van der Waals surface area contributed by atoms with E-state index in [4.69, 9.17) is 9.47 Å². The van der Waals surface area contributed by atoms with Crippen molar-refractivity contribution in [3.63, 3.8) is 0 Å². The summed E-state index contributed by atoms with van der Waals surface area (Å²) in [6.45, 7) is 0.997. The molecule has 0 heterocycles. The molecule has 0 bridgehead atoms. The number of hydrogen-bond acceptors (Lipinski definition) is 5. The number of carbonyl (C=O) groups excluding carboxylic acids is 2. The number of nitrogens with one attached hydrogen (secondary N) is 2. The summed E-state index contributed by atoms with van der Waals surface area (Å²) in [4.78, 5) is 25.6. The Morgan fingerprint density at radius 2 is 1.72 bits per heavy atom. The van der Waals surface area contributed by atoms with Gasteiger partial charge >= 0.3 is 0 Å². The highest BCUT2D eigenvalue weighted by atomic mass is 16.5. The van der Waals surface area contributed by atoms with Crippen LogP contribution in [-0.2, 0) is 16.1 Å². The molecule has 3 N–H and O–H groups in total. The average Bonchev–Trinajstić information content (AvgIpc) is 2.83. The number of phenols is 1. The largest absolute Gasteiger partial charge is 0.508 e. The second-order valence-electron chi connectivity index (χ2n) is 8.18. The molecule has 0 spiro atoms. The van der Waals surface area contributed by atoms with Crippen molar-refractivity contribution in [3.05, 3.63) is 59.7 Å². The fourth-order valence-electron chi connectivity index (χ4n) is 3.80. The van der Waals surface area contributed by atoms with Crippen LogP contribution in [0.1, 0.15) is 48.0 Å². The minimum atomic E-state index is -0.815. The summed E-state index contributed by atoms with van der Waals surface area (Å²) in [5, 5.41) is 15.1. The highest BCUT2D eigenvalue weighted by Gasteiger charge is 2.23. The van der Waals surface area contributed by atoms with E-state index in [9.17, 15) is 14.7 Å². The summed E-state index contributed by atoms with van der Waals surface area (Å²) in [5.74, 6) is 0.672. The number of methoxy groups -OCH3 is 1. The zero-order valence-electron chi connectivity index (χ0n) is 18.5. The summed E-state index contributed by atoms with van der Waals surface area (Å²) in [7, 11) is 1.56. The first kappa shape index (κ1) is 23.6. The number of ether oxygens (including phenoxy) is 2. The minimum absolute atomic E-state index is 0.111. The Morgan fingerprint density at radius 1 is 1.03 bits per heavy atom. The molecule has 2 aromatic rings. The van der Waals surface area contributed by atoms with Crippen molar-refractivity contribution in [3.8, 4) is 11.5 Å². The first-order valence-corrected chi connectivity index (χ1v) is 11.1. The van der Waals surface area contributed by atoms with Gasteiger partial charge in [-0.25, -0.2) is 0 Å². The number of carbonyl (C=O) groups is 2. The van der Waals surface area contributed by atoms with E-state index in [-0.39, 0.29) is 30.7 Å². The molecule has 0 unspecified atom stereocenters. The molecular formula is C25H32N2O5. The molecule has 1 aliphatic rings. The molecular weight excluding hydrogens is 408 g/mol. The Labute approximate surface area is 189 Å². The zero-order chi connectivity index (χ0) is 22.8. The summed E-state index contributed by atoms with van der Waals surface area (Å²) >= 11 is 0. The van der Waals surface area contributed by atoms with Crippen molar-refractivity contribution >= 4 is 11.8 Å². The van der Waals surface area contributed by atoms with Crippen LogP contribution >= 0.6 is 0 Å². The Morgan fingerprint density at radius 3 is 2.38 bits per heavy atom. The van der Waals surface area contributed by atoms with Crippen LogP contribution in [0.15, 0.2) is 48.5 Å². The van der Waals surface area contributed by atoms with Crippen LogP contribution < -0.4 is 15.4 Å². The lowest BCUT2D eigenvalue weighted by molar-refractivity contribution is -0.124. The highest BCUT2D eigenvalue weighted by Crippen LogP contribution is 2.23. The summed E-state index contributed by atoms with van der Waals surface area (Å²) in [6, 6.07) is 12.5. The highest BCUT2D eigenvalue weighted by molar-refractivity contribution is 5.97. The molecule has 1 atom stereocenters. The topological polar surface area (TPSA) is 96.9 Å². The quantitative estimate of drug-likeness (QED) is 0.526.